The van der Waals surface area contributed by atoms with E-state index in [1.807, 2.05) is 48.5 Å². The smallest absolute Gasteiger partial charge is 0.0810 e. The summed E-state index contributed by atoms with van der Waals surface area (Å²) in [6.45, 7) is 0. The molecular formula is C14H11N3O. The molecule has 0 fully saturated rings. The van der Waals surface area contributed by atoms with Crippen LogP contribution in [0.2, 0.25) is 0 Å². The number of hydrogen-bond acceptors (Lipinski definition) is 3. The third-order valence-electron chi connectivity index (χ3n) is 3.01. The summed E-state index contributed by atoms with van der Waals surface area (Å²) in [5.41, 5.74) is 2.52. The van der Waals surface area contributed by atoms with Crippen LogP contribution in [-0.4, -0.2) is 12.0 Å². The number of hydrogen-bond donors (Lipinski definition) is 0. The second-order valence-corrected chi connectivity index (χ2v) is 4.10. The summed E-state index contributed by atoms with van der Waals surface area (Å²) >= 11 is 0. The summed E-state index contributed by atoms with van der Waals surface area (Å²) in [4.78, 5) is 15.4. The fourth-order valence-electron chi connectivity index (χ4n) is 2.21. The Morgan fingerprint density at radius 3 is 1.94 bits per heavy atom. The highest BCUT2D eigenvalue weighted by Crippen LogP contribution is 2.32. The highest BCUT2D eigenvalue weighted by molar-refractivity contribution is 6.07. The van der Waals surface area contributed by atoms with Gasteiger partial charge in [0.25, 0.3) is 0 Å². The standard InChI is InChI=1S/C14H11N3O/c1-17(16-18)14-10-6-2-4-8-12(10)15-13-9-5-3-7-11(13)14/h2-9H,1H3. The van der Waals surface area contributed by atoms with Crippen LogP contribution in [0.3, 0.4) is 0 Å². The van der Waals surface area contributed by atoms with Crippen molar-refractivity contribution in [2.75, 3.05) is 12.1 Å². The molecule has 3 aromatic rings. The molecule has 2 aromatic carbocycles. The quantitative estimate of drug-likeness (QED) is 0.389. The van der Waals surface area contributed by atoms with Gasteiger partial charge in [0.05, 0.1) is 22.0 Å². The van der Waals surface area contributed by atoms with E-state index in [1.54, 1.807) is 7.05 Å². The van der Waals surface area contributed by atoms with Crippen molar-refractivity contribution < 1.29 is 0 Å². The molecule has 4 nitrogen and oxygen atoms in total. The van der Waals surface area contributed by atoms with Gasteiger partial charge in [0.1, 0.15) is 0 Å². The van der Waals surface area contributed by atoms with Crippen molar-refractivity contribution in [1.82, 2.24) is 4.98 Å². The monoisotopic (exact) mass is 237 g/mol. The molecule has 0 aliphatic carbocycles. The van der Waals surface area contributed by atoms with Gasteiger partial charge in [-0.2, -0.15) is 0 Å². The lowest BCUT2D eigenvalue weighted by atomic mass is 10.1. The maximum atomic E-state index is 10.8. The van der Waals surface area contributed by atoms with E-state index in [-0.39, 0.29) is 0 Å². The number of nitrogens with zero attached hydrogens (tertiary/aromatic N) is 3. The van der Waals surface area contributed by atoms with Gasteiger partial charge in [0.15, 0.2) is 0 Å². The predicted octanol–water partition coefficient (Wildman–Crippen LogP) is 3.51. The lowest BCUT2D eigenvalue weighted by molar-refractivity contribution is 1.02. The molecule has 1 heterocycles. The number of pyridine rings is 1. The van der Waals surface area contributed by atoms with Crippen molar-refractivity contribution in [3.63, 3.8) is 0 Å². The Kier molecular flexibility index (Phi) is 2.41. The van der Waals surface area contributed by atoms with Gasteiger partial charge < -0.3 is 0 Å². The van der Waals surface area contributed by atoms with Gasteiger partial charge in [-0.05, 0) is 12.1 Å². The number of nitroso groups, excluding NO2 is 1. The third kappa shape index (κ3) is 1.50. The first-order chi connectivity index (χ1) is 8.81. The van der Waals surface area contributed by atoms with Gasteiger partial charge in [-0.1, -0.05) is 36.4 Å². The van der Waals surface area contributed by atoms with Crippen molar-refractivity contribution in [3.8, 4) is 0 Å². The molecule has 0 aliphatic heterocycles. The fourth-order valence-corrected chi connectivity index (χ4v) is 2.21. The van der Waals surface area contributed by atoms with Crippen molar-refractivity contribution in [3.05, 3.63) is 53.4 Å². The number of anilines is 1. The second-order valence-electron chi connectivity index (χ2n) is 4.10. The maximum Gasteiger partial charge on any atom is 0.0810 e. The molecule has 1 aromatic heterocycles. The zero-order valence-electron chi connectivity index (χ0n) is 9.87. The average Bonchev–Trinajstić information content (AvgIpc) is 2.44. The van der Waals surface area contributed by atoms with Crippen LogP contribution >= 0.6 is 0 Å². The summed E-state index contributed by atoms with van der Waals surface area (Å²) in [6, 6.07) is 15.5. The molecule has 0 saturated heterocycles. The third-order valence-corrected chi connectivity index (χ3v) is 3.01. The van der Waals surface area contributed by atoms with Crippen molar-refractivity contribution in [2.45, 2.75) is 0 Å². The zero-order valence-corrected chi connectivity index (χ0v) is 9.87. The van der Waals surface area contributed by atoms with Crippen molar-refractivity contribution in [1.29, 1.82) is 0 Å². The number of para-hydroxylation sites is 2. The summed E-state index contributed by atoms with van der Waals surface area (Å²) in [7, 11) is 1.65. The molecular weight excluding hydrogens is 226 g/mol. The van der Waals surface area contributed by atoms with Gasteiger partial charge in [0.2, 0.25) is 0 Å². The minimum absolute atomic E-state index is 0.797. The molecule has 0 radical (unpaired) electrons. The lowest BCUT2D eigenvalue weighted by Crippen LogP contribution is -2.08. The molecule has 0 aliphatic rings. The van der Waals surface area contributed by atoms with E-state index in [4.69, 9.17) is 0 Å². The minimum Gasteiger partial charge on any atom is -0.248 e. The van der Waals surface area contributed by atoms with Crippen LogP contribution in [0.15, 0.2) is 53.8 Å². The number of benzene rings is 2. The van der Waals surface area contributed by atoms with E-state index in [9.17, 15) is 4.91 Å². The van der Waals surface area contributed by atoms with Gasteiger partial charge in [-0.15, -0.1) is 4.91 Å². The number of rotatable bonds is 2. The largest absolute Gasteiger partial charge is 0.248 e. The molecule has 0 bridgehead atoms. The van der Waals surface area contributed by atoms with Crippen LogP contribution in [0, 0.1) is 4.91 Å². The van der Waals surface area contributed by atoms with E-state index < -0.39 is 0 Å². The molecule has 3 rings (SSSR count). The highest BCUT2D eigenvalue weighted by atomic mass is 16.3. The first-order valence-electron chi connectivity index (χ1n) is 5.66. The Morgan fingerprint density at radius 1 is 0.944 bits per heavy atom. The number of fused-ring (bicyclic) bond motifs is 2. The van der Waals surface area contributed by atoms with Crippen LogP contribution in [0.1, 0.15) is 0 Å². The summed E-state index contributed by atoms with van der Waals surface area (Å²) in [5, 5.41) is 6.23. The SMILES string of the molecule is CN(N=O)c1c2ccccc2nc2ccccc12. The summed E-state index contributed by atoms with van der Waals surface area (Å²) < 4.78 is 0. The van der Waals surface area contributed by atoms with Gasteiger partial charge >= 0.3 is 0 Å². The Balaban J connectivity index is 2.53. The van der Waals surface area contributed by atoms with E-state index in [0.29, 0.717) is 0 Å². The average molecular weight is 237 g/mol. The van der Waals surface area contributed by atoms with E-state index in [0.717, 1.165) is 27.5 Å². The van der Waals surface area contributed by atoms with E-state index >= 15 is 0 Å². The molecule has 0 unspecified atom stereocenters. The Bertz CT molecular complexity index is 685. The van der Waals surface area contributed by atoms with Crippen LogP contribution in [0.25, 0.3) is 21.8 Å². The van der Waals surface area contributed by atoms with Gasteiger partial charge in [0, 0.05) is 17.8 Å². The van der Waals surface area contributed by atoms with Crippen LogP contribution in [0.5, 0.6) is 0 Å². The highest BCUT2D eigenvalue weighted by Gasteiger charge is 2.12. The molecule has 88 valence electrons. The van der Waals surface area contributed by atoms with E-state index in [1.165, 1.54) is 5.01 Å². The normalized spacial score (nSPS) is 10.7. The predicted molar refractivity (Wildman–Crippen MR) is 73.4 cm³/mol. The molecule has 0 amide bonds. The van der Waals surface area contributed by atoms with Crippen LogP contribution < -0.4 is 5.01 Å². The first-order valence-corrected chi connectivity index (χ1v) is 5.66. The Morgan fingerprint density at radius 2 is 1.44 bits per heavy atom. The maximum absolute atomic E-state index is 10.8. The minimum atomic E-state index is 0.797. The fraction of sp³-hybridized carbons (Fsp3) is 0.0714. The van der Waals surface area contributed by atoms with Crippen molar-refractivity contribution >= 4 is 27.5 Å². The number of aromatic nitrogens is 1. The summed E-state index contributed by atoms with van der Waals surface area (Å²) in [5.74, 6) is 0. The van der Waals surface area contributed by atoms with Crippen molar-refractivity contribution in [2.24, 2.45) is 5.29 Å². The second kappa shape index (κ2) is 4.07. The molecule has 0 saturated carbocycles. The van der Waals surface area contributed by atoms with Crippen LogP contribution in [0.4, 0.5) is 5.69 Å². The van der Waals surface area contributed by atoms with E-state index in [2.05, 4.69) is 10.3 Å². The van der Waals surface area contributed by atoms with Crippen LogP contribution in [-0.2, 0) is 0 Å². The molecule has 18 heavy (non-hydrogen) atoms. The molecule has 0 spiro atoms. The Hall–Kier alpha value is -2.49. The Labute approximate surface area is 104 Å². The zero-order chi connectivity index (χ0) is 12.5. The topological polar surface area (TPSA) is 45.6 Å². The summed E-state index contributed by atoms with van der Waals surface area (Å²) in [6.07, 6.45) is 0. The molecule has 0 atom stereocenters. The molecule has 4 heteroatoms. The van der Waals surface area contributed by atoms with Gasteiger partial charge in [-0.3, -0.25) is 0 Å². The first kappa shape index (κ1) is 10.7. The molecule has 0 N–H and O–H groups in total. The lowest BCUT2D eigenvalue weighted by Gasteiger charge is -2.14. The van der Waals surface area contributed by atoms with Gasteiger partial charge in [-0.25, -0.2) is 9.99 Å².